The van der Waals surface area contributed by atoms with Crippen molar-refractivity contribution in [3.63, 3.8) is 0 Å². The third kappa shape index (κ3) is 10.4. The highest BCUT2D eigenvalue weighted by Crippen LogP contribution is 2.38. The summed E-state index contributed by atoms with van der Waals surface area (Å²) < 4.78 is 36.7. The normalized spacial score (nSPS) is 16.0. The Kier molecular flexibility index (Phi) is 14.0. The van der Waals surface area contributed by atoms with Crippen LogP contribution in [0.1, 0.15) is 87.2 Å². The van der Waals surface area contributed by atoms with Gasteiger partial charge in [0, 0.05) is 73.6 Å². The van der Waals surface area contributed by atoms with E-state index in [1.165, 1.54) is 35.3 Å². The number of benzene rings is 4. The van der Waals surface area contributed by atoms with Crippen LogP contribution >= 0.6 is 11.8 Å². The number of fused-ring (bicyclic) bond motifs is 1. The van der Waals surface area contributed by atoms with E-state index in [0.717, 1.165) is 48.4 Å². The molecule has 1 N–H and O–H groups in total. The van der Waals surface area contributed by atoms with Gasteiger partial charge in [0.15, 0.2) is 0 Å². The van der Waals surface area contributed by atoms with Gasteiger partial charge >= 0.3 is 0 Å². The molecule has 0 radical (unpaired) electrons. The zero-order valence-electron chi connectivity index (χ0n) is 35.9. The van der Waals surface area contributed by atoms with Crippen molar-refractivity contribution in [3.05, 3.63) is 108 Å². The molecule has 2 aliphatic heterocycles. The van der Waals surface area contributed by atoms with Gasteiger partial charge in [0.1, 0.15) is 5.75 Å². The van der Waals surface area contributed by atoms with Crippen LogP contribution in [-0.2, 0) is 32.6 Å². The van der Waals surface area contributed by atoms with E-state index in [4.69, 9.17) is 4.74 Å². The minimum Gasteiger partial charge on any atom is -0.497 e. The predicted octanol–water partition coefficient (Wildman–Crippen LogP) is 8.31. The van der Waals surface area contributed by atoms with Crippen molar-refractivity contribution < 1.29 is 27.5 Å². The van der Waals surface area contributed by atoms with Gasteiger partial charge in [-0.25, -0.2) is 8.42 Å². The number of nitrogens with zero attached hydrogens (tertiary/aromatic N) is 4. The fourth-order valence-corrected chi connectivity index (χ4v) is 11.9. The third-order valence-corrected chi connectivity index (χ3v) is 15.3. The zero-order chi connectivity index (χ0) is 43.1. The van der Waals surface area contributed by atoms with E-state index >= 15 is 0 Å². The fraction of sp³-hybridized carbons (Fsp3) is 0.438. The third-order valence-electron chi connectivity index (χ3n) is 12.0. The average molecular weight is 866 g/mol. The first-order chi connectivity index (χ1) is 29.3. The fourth-order valence-electron chi connectivity index (χ4n) is 8.87. The number of carbonyl (C=O) groups excluding carboxylic acids is 3. The van der Waals surface area contributed by atoms with Gasteiger partial charge < -0.3 is 24.8 Å². The standard InChI is InChI=1S/C48H59N5O6S2/c1-48(2,3)53(61(57,58)44-20-11-9-16-37(44)33-49-45(54)24-21-35-13-6-5-7-14-35)39-22-23-41(43(32-39)60-34-46(55)52-26-25-36-15-8-10-19-42(36)52)47(56)51-29-27-50(28-30-51)38-17-12-18-40(31-38)59-4/h8-12,15-20,22-23,31-32,35H,5-7,13-14,21,24-30,33-34H2,1-4H3,(H,49,54). The molecule has 0 bridgehead atoms. The summed E-state index contributed by atoms with van der Waals surface area (Å²) in [5, 5.41) is 2.99. The Morgan fingerprint density at radius 3 is 2.34 bits per heavy atom. The summed E-state index contributed by atoms with van der Waals surface area (Å²) in [5.41, 5.74) is 3.40. The van der Waals surface area contributed by atoms with Crippen molar-refractivity contribution in [2.24, 2.45) is 5.92 Å². The van der Waals surface area contributed by atoms with Crippen molar-refractivity contribution in [2.45, 2.75) is 94.0 Å². The van der Waals surface area contributed by atoms with E-state index in [-0.39, 0.29) is 34.9 Å². The molecule has 4 aromatic carbocycles. The number of hydrogen-bond donors (Lipinski definition) is 1. The SMILES string of the molecule is COc1cccc(N2CCN(C(=O)c3ccc(N(C(C)(C)C)S(=O)(=O)c4ccccc4CNC(=O)CCC4CCCCC4)cc3SCC(=O)N3CCc4ccccc43)CC2)c1. The van der Waals surface area contributed by atoms with Crippen molar-refractivity contribution in [3.8, 4) is 5.75 Å². The maximum atomic E-state index is 15.0. The zero-order valence-corrected chi connectivity index (χ0v) is 37.5. The Hall–Kier alpha value is -5.01. The number of hydrogen-bond acceptors (Lipinski definition) is 8. The van der Waals surface area contributed by atoms with E-state index in [9.17, 15) is 22.8 Å². The van der Waals surface area contributed by atoms with Crippen molar-refractivity contribution in [2.75, 3.05) is 59.7 Å². The second kappa shape index (κ2) is 19.4. The number of rotatable bonds is 14. The highest BCUT2D eigenvalue weighted by molar-refractivity contribution is 8.00. The van der Waals surface area contributed by atoms with Crippen LogP contribution in [0.4, 0.5) is 17.1 Å². The molecule has 13 heteroatoms. The van der Waals surface area contributed by atoms with Gasteiger partial charge in [0.05, 0.1) is 29.0 Å². The summed E-state index contributed by atoms with van der Waals surface area (Å²) in [4.78, 5) is 47.7. The highest BCUT2D eigenvalue weighted by Gasteiger charge is 2.37. The Balaban J connectivity index is 1.15. The molecule has 7 rings (SSSR count). The number of methoxy groups -OCH3 is 1. The smallest absolute Gasteiger partial charge is 0.265 e. The largest absolute Gasteiger partial charge is 0.497 e. The number of nitrogens with one attached hydrogen (secondary N) is 1. The molecule has 0 aromatic heterocycles. The summed E-state index contributed by atoms with van der Waals surface area (Å²) >= 11 is 1.26. The van der Waals surface area contributed by atoms with Gasteiger partial charge in [-0.05, 0) is 93.1 Å². The van der Waals surface area contributed by atoms with Crippen LogP contribution in [0.2, 0.25) is 0 Å². The lowest BCUT2D eigenvalue weighted by atomic mass is 9.86. The second-order valence-corrected chi connectivity index (χ2v) is 20.0. The number of thioether (sulfide) groups is 1. The first-order valence-corrected chi connectivity index (χ1v) is 24.0. The Morgan fingerprint density at radius 2 is 1.59 bits per heavy atom. The monoisotopic (exact) mass is 865 g/mol. The van der Waals surface area contributed by atoms with Gasteiger partial charge in [0.25, 0.3) is 15.9 Å². The van der Waals surface area contributed by atoms with Crippen LogP contribution in [0.15, 0.2) is 101 Å². The van der Waals surface area contributed by atoms with Gasteiger partial charge in [0.2, 0.25) is 11.8 Å². The Labute approximate surface area is 365 Å². The van der Waals surface area contributed by atoms with Gasteiger partial charge in [-0.1, -0.05) is 74.6 Å². The number of ether oxygens (including phenoxy) is 1. The van der Waals surface area contributed by atoms with E-state index in [1.54, 1.807) is 54.5 Å². The molecule has 0 atom stereocenters. The van der Waals surface area contributed by atoms with Gasteiger partial charge in [-0.3, -0.25) is 18.7 Å². The van der Waals surface area contributed by atoms with Crippen LogP contribution in [0.5, 0.6) is 5.75 Å². The minimum absolute atomic E-state index is 0.0627. The molecule has 0 spiro atoms. The number of sulfonamides is 1. The summed E-state index contributed by atoms with van der Waals surface area (Å²) in [6.07, 6.45) is 8.07. The molecule has 4 aromatic rings. The molecule has 2 heterocycles. The summed E-state index contributed by atoms with van der Waals surface area (Å²) in [5.74, 6) is 1.07. The molecule has 1 aliphatic carbocycles. The number of amides is 3. The van der Waals surface area contributed by atoms with E-state index < -0.39 is 15.6 Å². The molecule has 3 amide bonds. The average Bonchev–Trinajstić information content (AvgIpc) is 3.71. The molecule has 1 saturated carbocycles. The highest BCUT2D eigenvalue weighted by atomic mass is 32.2. The number of para-hydroxylation sites is 1. The molecule has 324 valence electrons. The second-order valence-electron chi connectivity index (χ2n) is 17.2. The lowest BCUT2D eigenvalue weighted by Crippen LogP contribution is -2.49. The molecule has 3 aliphatic rings. The van der Waals surface area contributed by atoms with Crippen molar-refractivity contribution in [1.29, 1.82) is 0 Å². The molecule has 61 heavy (non-hydrogen) atoms. The molecular formula is C48H59N5O6S2. The van der Waals surface area contributed by atoms with Crippen molar-refractivity contribution in [1.82, 2.24) is 10.2 Å². The maximum Gasteiger partial charge on any atom is 0.265 e. The summed E-state index contributed by atoms with van der Waals surface area (Å²) in [7, 11) is -2.57. The van der Waals surface area contributed by atoms with Gasteiger partial charge in [-0.2, -0.15) is 0 Å². The van der Waals surface area contributed by atoms with Crippen LogP contribution in [-0.4, -0.2) is 82.2 Å². The predicted molar refractivity (Wildman–Crippen MR) is 244 cm³/mol. The molecular weight excluding hydrogens is 807 g/mol. The number of carbonyl (C=O) groups is 3. The quantitative estimate of drug-likeness (QED) is 0.126. The Morgan fingerprint density at radius 1 is 0.852 bits per heavy atom. The lowest BCUT2D eigenvalue weighted by molar-refractivity contribution is -0.121. The minimum atomic E-state index is -4.22. The lowest BCUT2D eigenvalue weighted by Gasteiger charge is -2.38. The molecule has 2 fully saturated rings. The first-order valence-electron chi connectivity index (χ1n) is 21.6. The summed E-state index contributed by atoms with van der Waals surface area (Å²) in [6, 6.07) is 27.7. The van der Waals surface area contributed by atoms with Crippen molar-refractivity contribution >= 4 is 56.6 Å². The van der Waals surface area contributed by atoms with E-state index in [1.807, 2.05) is 74.2 Å². The molecule has 0 unspecified atom stereocenters. The molecule has 1 saturated heterocycles. The van der Waals surface area contributed by atoms with Crippen LogP contribution in [0, 0.1) is 5.92 Å². The topological polar surface area (TPSA) is 120 Å². The van der Waals surface area contributed by atoms with Crippen LogP contribution < -0.4 is 24.2 Å². The maximum absolute atomic E-state index is 15.0. The van der Waals surface area contributed by atoms with E-state index in [0.29, 0.717) is 66.8 Å². The number of piperazine rings is 1. The first kappa shape index (κ1) is 44.1. The van der Waals surface area contributed by atoms with Crippen LogP contribution in [0.25, 0.3) is 0 Å². The van der Waals surface area contributed by atoms with E-state index in [2.05, 4.69) is 10.2 Å². The number of anilines is 3. The Bertz CT molecular complexity index is 2310. The van der Waals surface area contributed by atoms with Crippen LogP contribution in [0.3, 0.4) is 0 Å². The molecule has 11 nitrogen and oxygen atoms in total. The van der Waals surface area contributed by atoms with Gasteiger partial charge in [-0.15, -0.1) is 11.8 Å². The summed E-state index contributed by atoms with van der Waals surface area (Å²) in [6.45, 7) is 8.40.